The molecule has 0 atom stereocenters. The molecule has 4 aromatic heterocycles. The molecule has 114 valence electrons. The number of nitrogens with zero attached hydrogens (tertiary/aromatic N) is 6. The number of hydrogen-bond acceptors (Lipinski definition) is 3. The van der Waals surface area contributed by atoms with Gasteiger partial charge in [0.05, 0.1) is 24.8 Å². The van der Waals surface area contributed by atoms with Gasteiger partial charge in [-0.3, -0.25) is 0 Å². The van der Waals surface area contributed by atoms with Crippen LogP contribution in [0.25, 0.3) is 17.3 Å². The molecule has 6 nitrogen and oxygen atoms in total. The molecule has 0 aliphatic rings. The summed E-state index contributed by atoms with van der Waals surface area (Å²) < 4.78 is 5.85. The van der Waals surface area contributed by atoms with Crippen LogP contribution < -0.4 is 13.7 Å². The van der Waals surface area contributed by atoms with Gasteiger partial charge in [0.2, 0.25) is 0 Å². The Morgan fingerprint density at radius 1 is 0.458 bits per heavy atom. The van der Waals surface area contributed by atoms with E-state index in [1.165, 1.54) is 0 Å². The van der Waals surface area contributed by atoms with E-state index in [2.05, 4.69) is 15.4 Å². The highest BCUT2D eigenvalue weighted by Gasteiger charge is 2.37. The minimum absolute atomic E-state index is 0.702. The molecule has 4 heterocycles. The highest BCUT2D eigenvalue weighted by molar-refractivity contribution is 5.41. The number of rotatable bonds is 3. The van der Waals surface area contributed by atoms with Crippen molar-refractivity contribution in [2.45, 2.75) is 0 Å². The summed E-state index contributed by atoms with van der Waals surface area (Å²) in [5, 5.41) is 12.5. The summed E-state index contributed by atoms with van der Waals surface area (Å²) in [7, 11) is 0. The first kappa shape index (κ1) is 14.1. The van der Waals surface area contributed by atoms with Crippen molar-refractivity contribution in [3.8, 4) is 17.3 Å². The summed E-state index contributed by atoms with van der Waals surface area (Å²) in [6.45, 7) is 0. The molecular weight excluding hydrogens is 300 g/mol. The Bertz CT molecular complexity index is 885. The van der Waals surface area contributed by atoms with Gasteiger partial charge in [-0.25, -0.2) is 0 Å². The smallest absolute Gasteiger partial charge is 0.195 e. The fourth-order valence-corrected chi connectivity index (χ4v) is 2.51. The van der Waals surface area contributed by atoms with E-state index in [1.54, 1.807) is 0 Å². The van der Waals surface area contributed by atoms with Crippen LogP contribution in [0.1, 0.15) is 0 Å². The highest BCUT2D eigenvalue weighted by atomic mass is 15.4. The largest absolute Gasteiger partial charge is 0.440 e. The van der Waals surface area contributed by atoms with Crippen LogP contribution in [0.3, 0.4) is 0 Å². The van der Waals surface area contributed by atoms with Crippen molar-refractivity contribution in [3.63, 3.8) is 0 Å². The predicted molar refractivity (Wildman–Crippen MR) is 84.4 cm³/mol. The molecular formula is C18H15N6+3. The normalized spacial score (nSPS) is 10.5. The minimum atomic E-state index is 0.702. The third-order valence-electron chi connectivity index (χ3n) is 3.60. The molecule has 0 N–H and O–H groups in total. The summed E-state index contributed by atoms with van der Waals surface area (Å²) in [6.07, 6.45) is 11.7. The van der Waals surface area contributed by atoms with Gasteiger partial charge in [-0.15, -0.1) is 0 Å². The molecule has 0 amide bonds. The third kappa shape index (κ3) is 2.61. The van der Waals surface area contributed by atoms with Crippen LogP contribution in [-0.4, -0.2) is 15.4 Å². The van der Waals surface area contributed by atoms with Crippen LogP contribution in [-0.2, 0) is 0 Å². The average Bonchev–Trinajstić information content (AvgIpc) is 2.69. The lowest BCUT2D eigenvalue weighted by atomic mass is 10.3. The van der Waals surface area contributed by atoms with E-state index in [-0.39, 0.29) is 0 Å². The molecule has 24 heavy (non-hydrogen) atoms. The van der Waals surface area contributed by atoms with E-state index in [9.17, 15) is 0 Å². The van der Waals surface area contributed by atoms with E-state index < -0.39 is 0 Å². The van der Waals surface area contributed by atoms with Crippen molar-refractivity contribution in [1.82, 2.24) is 15.4 Å². The fraction of sp³-hybridized carbons (Fsp3) is 0. The molecule has 0 spiro atoms. The first-order chi connectivity index (χ1) is 11.9. The second-order valence-electron chi connectivity index (χ2n) is 5.13. The van der Waals surface area contributed by atoms with Gasteiger partial charge in [-0.2, -0.15) is 13.7 Å². The van der Waals surface area contributed by atoms with E-state index in [0.717, 1.165) is 5.69 Å². The zero-order valence-corrected chi connectivity index (χ0v) is 12.8. The molecule has 4 rings (SSSR count). The van der Waals surface area contributed by atoms with Crippen molar-refractivity contribution in [1.29, 1.82) is 0 Å². The Balaban J connectivity index is 2.02. The molecule has 0 radical (unpaired) electrons. The van der Waals surface area contributed by atoms with Crippen LogP contribution >= 0.6 is 0 Å². The van der Waals surface area contributed by atoms with Crippen LogP contribution in [0, 0.1) is 0 Å². The molecule has 0 fully saturated rings. The topological polar surface area (TPSA) is 50.3 Å². The first-order valence-electron chi connectivity index (χ1n) is 7.57. The molecule has 6 heteroatoms. The van der Waals surface area contributed by atoms with Gasteiger partial charge in [0.15, 0.2) is 17.6 Å². The lowest BCUT2D eigenvalue weighted by Gasteiger charge is -1.99. The lowest BCUT2D eigenvalue weighted by Crippen LogP contribution is -2.45. The van der Waals surface area contributed by atoms with Gasteiger partial charge in [0.1, 0.15) is 10.2 Å². The van der Waals surface area contributed by atoms with Crippen molar-refractivity contribution >= 4 is 0 Å². The molecule has 0 aromatic carbocycles. The Morgan fingerprint density at radius 3 is 1.25 bits per heavy atom. The van der Waals surface area contributed by atoms with Gasteiger partial charge < -0.3 is 0 Å². The zero-order chi connectivity index (χ0) is 16.2. The summed E-state index contributed by atoms with van der Waals surface area (Å²) >= 11 is 0. The van der Waals surface area contributed by atoms with Gasteiger partial charge in [0, 0.05) is 12.1 Å². The predicted octanol–water partition coefficient (Wildman–Crippen LogP) is 0.702. The second kappa shape index (κ2) is 6.29. The molecule has 0 aliphatic heterocycles. The first-order valence-corrected chi connectivity index (χ1v) is 7.57. The summed E-state index contributed by atoms with van der Waals surface area (Å²) in [6, 6.07) is 17.7. The van der Waals surface area contributed by atoms with Gasteiger partial charge >= 0.3 is 17.3 Å². The number of pyridine rings is 3. The molecule has 0 saturated heterocycles. The zero-order valence-electron chi connectivity index (χ0n) is 12.8. The Hall–Kier alpha value is -3.54. The van der Waals surface area contributed by atoms with Crippen molar-refractivity contribution in [2.75, 3.05) is 0 Å². The maximum absolute atomic E-state index is 4.28. The lowest BCUT2D eigenvalue weighted by molar-refractivity contribution is -0.655. The minimum Gasteiger partial charge on any atom is -0.195 e. The standard InChI is InChI=1S/C18H15N6/c1-4-10-22(11-5-1)16-17(23-12-6-2-7-13-23)19-21-20-18(16)24-14-8-3-9-15-24/h1-15H/q+3. The van der Waals surface area contributed by atoms with E-state index >= 15 is 0 Å². The van der Waals surface area contributed by atoms with Gasteiger partial charge in [0.25, 0.3) is 0 Å². The molecule has 0 aliphatic carbocycles. The average molecular weight is 315 g/mol. The molecule has 0 unspecified atom stereocenters. The van der Waals surface area contributed by atoms with Crippen molar-refractivity contribution < 1.29 is 13.7 Å². The molecule has 0 saturated carbocycles. The van der Waals surface area contributed by atoms with Crippen LogP contribution in [0.4, 0.5) is 0 Å². The van der Waals surface area contributed by atoms with Gasteiger partial charge in [-0.1, -0.05) is 18.2 Å². The Kier molecular flexibility index (Phi) is 3.69. The second-order valence-corrected chi connectivity index (χ2v) is 5.13. The maximum Gasteiger partial charge on any atom is 0.440 e. The highest BCUT2D eigenvalue weighted by Crippen LogP contribution is 2.08. The van der Waals surface area contributed by atoms with E-state index in [0.29, 0.717) is 11.6 Å². The fourth-order valence-electron chi connectivity index (χ4n) is 2.51. The number of hydrogen-bond donors (Lipinski definition) is 0. The van der Waals surface area contributed by atoms with Gasteiger partial charge in [-0.05, 0) is 24.3 Å². The van der Waals surface area contributed by atoms with Crippen molar-refractivity contribution in [2.24, 2.45) is 0 Å². The molecule has 4 aromatic rings. The quantitative estimate of drug-likeness (QED) is 0.523. The SMILES string of the molecule is c1cc[n+](-c2nnnc(-[n+]3ccccc3)c2-[n+]2ccccc2)cc1. The van der Waals surface area contributed by atoms with Crippen LogP contribution in [0.15, 0.2) is 91.8 Å². The Labute approximate surface area is 138 Å². The summed E-state index contributed by atoms with van der Waals surface area (Å²) in [5.41, 5.74) is 0.845. The van der Waals surface area contributed by atoms with Crippen LogP contribution in [0.5, 0.6) is 0 Å². The third-order valence-corrected chi connectivity index (χ3v) is 3.60. The monoisotopic (exact) mass is 315 g/mol. The van der Waals surface area contributed by atoms with E-state index in [1.807, 2.05) is 105 Å². The number of aromatic nitrogens is 6. The summed E-state index contributed by atoms with van der Waals surface area (Å²) in [5.74, 6) is 1.40. The van der Waals surface area contributed by atoms with Crippen LogP contribution in [0.2, 0.25) is 0 Å². The maximum atomic E-state index is 4.28. The van der Waals surface area contributed by atoms with E-state index in [4.69, 9.17) is 0 Å². The van der Waals surface area contributed by atoms with Crippen molar-refractivity contribution in [3.05, 3.63) is 91.8 Å². The summed E-state index contributed by atoms with van der Waals surface area (Å²) in [4.78, 5) is 0. The Morgan fingerprint density at radius 2 is 0.833 bits per heavy atom. The molecule has 0 bridgehead atoms.